The smallest absolute Gasteiger partial charge is 0.271 e. The molecule has 1 rings (SSSR count). The van der Waals surface area contributed by atoms with Crippen molar-refractivity contribution >= 4 is 17.5 Å². The molecule has 1 aromatic heterocycles. The van der Waals surface area contributed by atoms with Gasteiger partial charge in [-0.3, -0.25) is 9.78 Å². The molecule has 0 aliphatic rings. The molecule has 0 fully saturated rings. The molecule has 1 amide bonds. The van der Waals surface area contributed by atoms with E-state index in [9.17, 15) is 4.79 Å². The van der Waals surface area contributed by atoms with Crippen molar-refractivity contribution in [2.45, 2.75) is 32.7 Å². The lowest BCUT2D eigenvalue weighted by molar-refractivity contribution is 0.0923. The van der Waals surface area contributed by atoms with E-state index in [0.717, 1.165) is 12.8 Å². The Kier molecular flexibility index (Phi) is 6.88. The van der Waals surface area contributed by atoms with Crippen LogP contribution in [0.25, 0.3) is 0 Å². The van der Waals surface area contributed by atoms with Crippen LogP contribution in [0.3, 0.4) is 0 Å². The van der Waals surface area contributed by atoms with E-state index >= 15 is 0 Å². The Bertz CT molecular complexity index is 435. The molecule has 1 unspecified atom stereocenters. The van der Waals surface area contributed by atoms with Gasteiger partial charge < -0.3 is 10.2 Å². The molecule has 0 spiro atoms. The second-order valence-electron chi connectivity index (χ2n) is 5.04. The SMILES string of the molecule is CCC(CC)C(CNC(=O)c1cncc(Cl)n1)N(C)C. The first-order chi connectivity index (χ1) is 9.49. The van der Waals surface area contributed by atoms with Gasteiger partial charge in [-0.15, -0.1) is 0 Å². The highest BCUT2D eigenvalue weighted by atomic mass is 35.5. The van der Waals surface area contributed by atoms with Gasteiger partial charge in [-0.25, -0.2) is 4.98 Å². The summed E-state index contributed by atoms with van der Waals surface area (Å²) in [5, 5.41) is 3.14. The van der Waals surface area contributed by atoms with Crippen LogP contribution in [0.5, 0.6) is 0 Å². The molecule has 1 aromatic rings. The first-order valence-corrected chi connectivity index (χ1v) is 7.29. The number of amides is 1. The van der Waals surface area contributed by atoms with E-state index in [0.29, 0.717) is 18.5 Å². The van der Waals surface area contributed by atoms with Gasteiger partial charge in [0, 0.05) is 12.6 Å². The Morgan fingerprint density at radius 2 is 2.00 bits per heavy atom. The molecule has 20 heavy (non-hydrogen) atoms. The van der Waals surface area contributed by atoms with Crippen LogP contribution in [0.15, 0.2) is 12.4 Å². The Balaban J connectivity index is 2.65. The maximum atomic E-state index is 12.0. The molecule has 0 aliphatic heterocycles. The summed E-state index contributed by atoms with van der Waals surface area (Å²) in [7, 11) is 4.07. The predicted octanol–water partition coefficient (Wildman–Crippen LogP) is 2.23. The van der Waals surface area contributed by atoms with Crippen LogP contribution in [0, 0.1) is 5.92 Å². The van der Waals surface area contributed by atoms with Gasteiger partial charge in [-0.05, 0) is 20.0 Å². The van der Waals surface area contributed by atoms with E-state index in [1.807, 2.05) is 14.1 Å². The zero-order chi connectivity index (χ0) is 15.1. The van der Waals surface area contributed by atoms with Gasteiger partial charge in [0.25, 0.3) is 5.91 Å². The topological polar surface area (TPSA) is 58.1 Å². The van der Waals surface area contributed by atoms with Crippen molar-refractivity contribution in [2.75, 3.05) is 20.6 Å². The monoisotopic (exact) mass is 298 g/mol. The van der Waals surface area contributed by atoms with Crippen LogP contribution in [-0.2, 0) is 0 Å². The summed E-state index contributed by atoms with van der Waals surface area (Å²) < 4.78 is 0. The number of nitrogens with one attached hydrogen (secondary N) is 1. The fourth-order valence-corrected chi connectivity index (χ4v) is 2.49. The Morgan fingerprint density at radius 3 is 2.50 bits per heavy atom. The molecule has 5 nitrogen and oxygen atoms in total. The van der Waals surface area contributed by atoms with Crippen LogP contribution in [0.2, 0.25) is 5.15 Å². The standard InChI is InChI=1S/C14H23ClN4O/c1-5-10(6-2)12(19(3)4)8-17-14(20)11-7-16-9-13(15)18-11/h7,9-10,12H,5-6,8H2,1-4H3,(H,17,20). The molecule has 1 N–H and O–H groups in total. The van der Waals surface area contributed by atoms with E-state index in [4.69, 9.17) is 11.6 Å². The van der Waals surface area contributed by atoms with Crippen molar-refractivity contribution in [3.8, 4) is 0 Å². The van der Waals surface area contributed by atoms with Crippen molar-refractivity contribution in [2.24, 2.45) is 5.92 Å². The van der Waals surface area contributed by atoms with Crippen molar-refractivity contribution < 1.29 is 4.79 Å². The minimum absolute atomic E-state index is 0.224. The summed E-state index contributed by atoms with van der Waals surface area (Å²) in [5.74, 6) is 0.313. The molecule has 0 radical (unpaired) electrons. The van der Waals surface area contributed by atoms with E-state index in [1.54, 1.807) is 0 Å². The summed E-state index contributed by atoms with van der Waals surface area (Å²) >= 11 is 5.74. The van der Waals surface area contributed by atoms with E-state index in [2.05, 4.69) is 34.0 Å². The van der Waals surface area contributed by atoms with Crippen LogP contribution in [0.4, 0.5) is 0 Å². The molecule has 0 aliphatic carbocycles. The second-order valence-corrected chi connectivity index (χ2v) is 5.43. The van der Waals surface area contributed by atoms with Crippen molar-refractivity contribution in [1.82, 2.24) is 20.2 Å². The Labute approximate surface area is 125 Å². The summed E-state index contributed by atoms with van der Waals surface area (Å²) in [6, 6.07) is 0.307. The number of aromatic nitrogens is 2. The lowest BCUT2D eigenvalue weighted by Gasteiger charge is -2.31. The number of halogens is 1. The molecule has 112 valence electrons. The van der Waals surface area contributed by atoms with Gasteiger partial charge in [0.2, 0.25) is 0 Å². The van der Waals surface area contributed by atoms with E-state index in [-0.39, 0.29) is 16.8 Å². The maximum Gasteiger partial charge on any atom is 0.271 e. The number of nitrogens with zero attached hydrogens (tertiary/aromatic N) is 3. The summed E-state index contributed by atoms with van der Waals surface area (Å²) in [6.07, 6.45) is 5.01. The first kappa shape index (κ1) is 16.9. The quantitative estimate of drug-likeness (QED) is 0.838. The van der Waals surface area contributed by atoms with Gasteiger partial charge in [0.05, 0.1) is 12.4 Å². The lowest BCUT2D eigenvalue weighted by Crippen LogP contribution is -2.44. The van der Waals surface area contributed by atoms with Crippen LogP contribution in [-0.4, -0.2) is 47.5 Å². The molecule has 0 saturated heterocycles. The minimum Gasteiger partial charge on any atom is -0.349 e. The first-order valence-electron chi connectivity index (χ1n) is 6.91. The average molecular weight is 299 g/mol. The van der Waals surface area contributed by atoms with Gasteiger partial charge in [0.1, 0.15) is 10.8 Å². The largest absolute Gasteiger partial charge is 0.349 e. The zero-order valence-electron chi connectivity index (χ0n) is 12.6. The summed E-state index contributed by atoms with van der Waals surface area (Å²) in [4.78, 5) is 22.0. The van der Waals surface area contributed by atoms with Crippen LogP contribution < -0.4 is 5.32 Å². The Hall–Kier alpha value is -1.20. The Morgan fingerprint density at radius 1 is 1.35 bits per heavy atom. The summed E-state index contributed by atoms with van der Waals surface area (Å²) in [5.41, 5.74) is 0.250. The number of carbonyl (C=O) groups excluding carboxylic acids is 1. The second kappa shape index (κ2) is 8.17. The minimum atomic E-state index is -0.238. The third-order valence-corrected chi connectivity index (χ3v) is 3.75. The molecule has 6 heteroatoms. The molecular formula is C14H23ClN4O. The van der Waals surface area contributed by atoms with Crippen molar-refractivity contribution in [3.63, 3.8) is 0 Å². The van der Waals surface area contributed by atoms with Gasteiger partial charge >= 0.3 is 0 Å². The highest BCUT2D eigenvalue weighted by Gasteiger charge is 2.21. The van der Waals surface area contributed by atoms with E-state index in [1.165, 1.54) is 12.4 Å². The normalized spacial score (nSPS) is 12.8. The number of likely N-dealkylation sites (N-methyl/N-ethyl adjacent to an activating group) is 1. The molecule has 1 atom stereocenters. The maximum absolute atomic E-state index is 12.0. The number of hydrogen-bond acceptors (Lipinski definition) is 4. The van der Waals surface area contributed by atoms with Gasteiger partial charge in [-0.2, -0.15) is 0 Å². The van der Waals surface area contributed by atoms with E-state index < -0.39 is 0 Å². The third kappa shape index (κ3) is 4.72. The van der Waals surface area contributed by atoms with Crippen molar-refractivity contribution in [1.29, 1.82) is 0 Å². The predicted molar refractivity (Wildman–Crippen MR) is 80.9 cm³/mol. The third-order valence-electron chi connectivity index (χ3n) is 3.57. The molecule has 0 saturated carbocycles. The fourth-order valence-electron chi connectivity index (χ4n) is 2.34. The number of hydrogen-bond donors (Lipinski definition) is 1. The fraction of sp³-hybridized carbons (Fsp3) is 0.643. The molecule has 1 heterocycles. The number of rotatable bonds is 7. The highest BCUT2D eigenvalue weighted by molar-refractivity contribution is 6.29. The van der Waals surface area contributed by atoms with Crippen LogP contribution >= 0.6 is 11.6 Å². The van der Waals surface area contributed by atoms with Gasteiger partial charge in [0.15, 0.2) is 0 Å². The molecule has 0 aromatic carbocycles. The summed E-state index contributed by atoms with van der Waals surface area (Å²) in [6.45, 7) is 4.94. The molecule has 0 bridgehead atoms. The average Bonchev–Trinajstić information content (AvgIpc) is 2.42. The number of carbonyl (C=O) groups is 1. The zero-order valence-corrected chi connectivity index (χ0v) is 13.3. The van der Waals surface area contributed by atoms with Gasteiger partial charge in [-0.1, -0.05) is 38.3 Å². The van der Waals surface area contributed by atoms with Crippen molar-refractivity contribution in [3.05, 3.63) is 23.2 Å². The lowest BCUT2D eigenvalue weighted by atomic mass is 9.93. The van der Waals surface area contributed by atoms with Crippen LogP contribution in [0.1, 0.15) is 37.2 Å². The highest BCUT2D eigenvalue weighted by Crippen LogP contribution is 2.16. The molecular weight excluding hydrogens is 276 g/mol.